The summed E-state index contributed by atoms with van der Waals surface area (Å²) in [5.41, 5.74) is -0.391. The van der Waals surface area contributed by atoms with E-state index in [2.05, 4.69) is 6.92 Å². The third kappa shape index (κ3) is 5.96. The van der Waals surface area contributed by atoms with E-state index >= 15 is 0 Å². The molecule has 0 heterocycles. The van der Waals surface area contributed by atoms with E-state index < -0.39 is 11.8 Å². The predicted molar refractivity (Wildman–Crippen MR) is 109 cm³/mol. The summed E-state index contributed by atoms with van der Waals surface area (Å²) in [7, 11) is 0. The van der Waals surface area contributed by atoms with Gasteiger partial charge in [-0.3, -0.25) is 0 Å². The lowest BCUT2D eigenvalue weighted by atomic mass is 9.68. The van der Waals surface area contributed by atoms with Gasteiger partial charge in [-0.05, 0) is 74.6 Å². The molecule has 0 amide bonds. The molecule has 0 bridgehead atoms. The van der Waals surface area contributed by atoms with Crippen molar-refractivity contribution in [1.29, 1.82) is 0 Å². The van der Waals surface area contributed by atoms with Gasteiger partial charge in [-0.1, -0.05) is 51.9 Å². The fourth-order valence-corrected chi connectivity index (χ4v) is 5.14. The van der Waals surface area contributed by atoms with Gasteiger partial charge in [0.05, 0.1) is 0 Å². The van der Waals surface area contributed by atoms with E-state index in [4.69, 9.17) is 9.47 Å². The Balaban J connectivity index is 1.58. The highest BCUT2D eigenvalue weighted by molar-refractivity contribution is 5.64. The number of hydrogen-bond acceptors (Lipinski definition) is 3. The smallest absolute Gasteiger partial charge is 0.427 e. The maximum Gasteiger partial charge on any atom is 0.514 e. The molecular weight excluding hydrogens is 355 g/mol. The molecule has 2 fully saturated rings. The average molecular weight is 391 g/mol. The van der Waals surface area contributed by atoms with Gasteiger partial charge in [0.25, 0.3) is 0 Å². The molecule has 0 atom stereocenters. The molecule has 1 aromatic carbocycles. The highest BCUT2D eigenvalue weighted by Crippen LogP contribution is 2.44. The standard InChI is InChI=1S/C24H35FO3/c1-2-3-7-16-24(28-23(26)27-22-12-10-21(25)11-13-22)17-14-20(15-18-24)19-8-5-4-6-9-19/h10-13,19-20H,2-9,14-18H2,1H3. The zero-order valence-corrected chi connectivity index (χ0v) is 17.3. The molecule has 0 unspecified atom stereocenters. The summed E-state index contributed by atoms with van der Waals surface area (Å²) in [4.78, 5) is 12.4. The molecule has 2 aliphatic carbocycles. The van der Waals surface area contributed by atoms with E-state index in [-0.39, 0.29) is 5.82 Å². The van der Waals surface area contributed by atoms with Crippen LogP contribution in [0.25, 0.3) is 0 Å². The van der Waals surface area contributed by atoms with Crippen molar-refractivity contribution in [3.05, 3.63) is 30.1 Å². The Bertz CT molecular complexity index is 599. The van der Waals surface area contributed by atoms with Crippen molar-refractivity contribution in [2.75, 3.05) is 0 Å². The fraction of sp³-hybridized carbons (Fsp3) is 0.708. The van der Waals surface area contributed by atoms with Crippen LogP contribution in [-0.2, 0) is 4.74 Å². The zero-order chi connectivity index (χ0) is 19.8. The van der Waals surface area contributed by atoms with E-state index in [1.54, 1.807) is 0 Å². The van der Waals surface area contributed by atoms with Gasteiger partial charge in [-0.25, -0.2) is 9.18 Å². The van der Waals surface area contributed by atoms with E-state index in [0.717, 1.165) is 63.2 Å². The number of benzene rings is 1. The molecule has 4 heteroatoms. The normalized spacial score (nSPS) is 26.0. The topological polar surface area (TPSA) is 35.5 Å². The van der Waals surface area contributed by atoms with Crippen LogP contribution >= 0.6 is 0 Å². The number of carbonyl (C=O) groups excluding carboxylic acids is 1. The summed E-state index contributed by atoms with van der Waals surface area (Å²) in [6.07, 6.45) is 14.7. The van der Waals surface area contributed by atoms with Gasteiger partial charge in [0.1, 0.15) is 17.2 Å². The van der Waals surface area contributed by atoms with E-state index in [0.29, 0.717) is 5.75 Å². The first-order valence-electron chi connectivity index (χ1n) is 11.3. The minimum atomic E-state index is -0.653. The summed E-state index contributed by atoms with van der Waals surface area (Å²) >= 11 is 0. The van der Waals surface area contributed by atoms with Crippen LogP contribution in [0.3, 0.4) is 0 Å². The first-order valence-corrected chi connectivity index (χ1v) is 11.3. The van der Waals surface area contributed by atoms with Crippen molar-refractivity contribution in [1.82, 2.24) is 0 Å². The molecule has 0 spiro atoms. The Labute approximate surface area is 169 Å². The molecule has 0 N–H and O–H groups in total. The van der Waals surface area contributed by atoms with Crippen molar-refractivity contribution >= 4 is 6.16 Å². The monoisotopic (exact) mass is 390 g/mol. The van der Waals surface area contributed by atoms with Crippen LogP contribution in [0.4, 0.5) is 9.18 Å². The third-order valence-corrected chi connectivity index (χ3v) is 6.81. The van der Waals surface area contributed by atoms with Crippen LogP contribution in [0, 0.1) is 17.7 Å². The molecule has 2 aliphatic rings. The molecule has 156 valence electrons. The van der Waals surface area contributed by atoms with Crippen molar-refractivity contribution in [3.63, 3.8) is 0 Å². The Morgan fingerprint density at radius 1 is 1.00 bits per heavy atom. The molecule has 28 heavy (non-hydrogen) atoms. The highest BCUT2D eigenvalue weighted by Gasteiger charge is 2.40. The Morgan fingerprint density at radius 2 is 1.64 bits per heavy atom. The van der Waals surface area contributed by atoms with Crippen LogP contribution in [0.15, 0.2) is 24.3 Å². The van der Waals surface area contributed by atoms with Crippen molar-refractivity contribution in [3.8, 4) is 5.75 Å². The van der Waals surface area contributed by atoms with Gasteiger partial charge in [0.15, 0.2) is 0 Å². The SMILES string of the molecule is CCCCCC1(OC(=O)Oc2ccc(F)cc2)CCC(C2CCCCC2)CC1. The molecular formula is C24H35FO3. The van der Waals surface area contributed by atoms with Gasteiger partial charge >= 0.3 is 6.16 Å². The first kappa shape index (κ1) is 21.1. The van der Waals surface area contributed by atoms with Gasteiger partial charge in [0.2, 0.25) is 0 Å². The summed E-state index contributed by atoms with van der Waals surface area (Å²) in [5, 5.41) is 0. The first-order chi connectivity index (χ1) is 13.6. The van der Waals surface area contributed by atoms with Crippen LogP contribution < -0.4 is 4.74 Å². The third-order valence-electron chi connectivity index (χ3n) is 6.81. The minimum Gasteiger partial charge on any atom is -0.427 e. The maximum absolute atomic E-state index is 13.0. The predicted octanol–water partition coefficient (Wildman–Crippen LogP) is 7.43. The molecule has 1 aromatic rings. The van der Waals surface area contributed by atoms with Crippen LogP contribution in [-0.4, -0.2) is 11.8 Å². The van der Waals surface area contributed by atoms with Crippen molar-refractivity contribution in [2.45, 2.75) is 96.0 Å². The summed E-state index contributed by atoms with van der Waals surface area (Å²) < 4.78 is 24.3. The van der Waals surface area contributed by atoms with E-state index in [9.17, 15) is 9.18 Å². The summed E-state index contributed by atoms with van der Waals surface area (Å²) in [6.45, 7) is 2.19. The van der Waals surface area contributed by atoms with Gasteiger partial charge in [-0.2, -0.15) is 0 Å². The molecule has 0 aromatic heterocycles. The second-order valence-electron chi connectivity index (χ2n) is 8.78. The lowest BCUT2D eigenvalue weighted by molar-refractivity contribution is -0.0584. The van der Waals surface area contributed by atoms with Crippen LogP contribution in [0.5, 0.6) is 5.75 Å². The van der Waals surface area contributed by atoms with E-state index in [1.807, 2.05) is 0 Å². The molecule has 0 aliphatic heterocycles. The second-order valence-corrected chi connectivity index (χ2v) is 8.78. The molecule has 0 radical (unpaired) electrons. The maximum atomic E-state index is 13.0. The number of halogens is 1. The van der Waals surface area contributed by atoms with Gasteiger partial charge < -0.3 is 9.47 Å². The summed E-state index contributed by atoms with van der Waals surface area (Å²) in [6, 6.07) is 5.49. The van der Waals surface area contributed by atoms with Crippen molar-refractivity contribution < 1.29 is 18.7 Å². The number of carbonyl (C=O) groups is 1. The number of hydrogen-bond donors (Lipinski definition) is 0. The minimum absolute atomic E-state index is 0.325. The fourth-order valence-electron chi connectivity index (χ4n) is 5.14. The largest absolute Gasteiger partial charge is 0.514 e. The summed E-state index contributed by atoms with van der Waals surface area (Å²) in [5.74, 6) is 1.63. The Hall–Kier alpha value is -1.58. The number of ether oxygens (including phenoxy) is 2. The number of rotatable bonds is 7. The number of unbranched alkanes of at least 4 members (excludes halogenated alkanes) is 2. The van der Waals surface area contributed by atoms with Crippen molar-refractivity contribution in [2.24, 2.45) is 11.8 Å². The Kier molecular flexibility index (Phi) is 7.75. The lowest BCUT2D eigenvalue weighted by Crippen LogP contribution is -2.41. The quantitative estimate of drug-likeness (QED) is 0.276. The van der Waals surface area contributed by atoms with Crippen LogP contribution in [0.1, 0.15) is 90.4 Å². The van der Waals surface area contributed by atoms with E-state index in [1.165, 1.54) is 56.4 Å². The Morgan fingerprint density at radius 3 is 2.29 bits per heavy atom. The molecule has 2 saturated carbocycles. The van der Waals surface area contributed by atoms with Gasteiger partial charge in [0, 0.05) is 0 Å². The molecule has 3 rings (SSSR count). The average Bonchev–Trinajstić information content (AvgIpc) is 2.71. The zero-order valence-electron chi connectivity index (χ0n) is 17.3. The van der Waals surface area contributed by atoms with Gasteiger partial charge in [-0.15, -0.1) is 0 Å². The molecule has 0 saturated heterocycles. The lowest BCUT2D eigenvalue weighted by Gasteiger charge is -2.42. The molecule has 3 nitrogen and oxygen atoms in total. The highest BCUT2D eigenvalue weighted by atomic mass is 19.1. The second kappa shape index (κ2) is 10.3. The van der Waals surface area contributed by atoms with Crippen LogP contribution in [0.2, 0.25) is 0 Å².